The maximum absolute atomic E-state index is 12.0. The highest BCUT2D eigenvalue weighted by molar-refractivity contribution is 7.10. The normalized spacial score (nSPS) is 21.2. The van der Waals surface area contributed by atoms with Gasteiger partial charge in [0, 0.05) is 17.5 Å². The van der Waals surface area contributed by atoms with Crippen molar-refractivity contribution >= 4 is 23.3 Å². The molecule has 1 fully saturated rings. The Morgan fingerprint density at radius 2 is 2.09 bits per heavy atom. The zero-order valence-corrected chi connectivity index (χ0v) is 15.0. The second kappa shape index (κ2) is 8.45. The number of carbonyl (C=O) groups is 2. The summed E-state index contributed by atoms with van der Waals surface area (Å²) in [6.45, 7) is 5.16. The van der Waals surface area contributed by atoms with Crippen LogP contribution in [0.5, 0.6) is 0 Å². The number of imide groups is 1. The second-order valence-corrected chi connectivity index (χ2v) is 7.59. The summed E-state index contributed by atoms with van der Waals surface area (Å²) in [4.78, 5) is 27.1. The Morgan fingerprint density at radius 1 is 1.35 bits per heavy atom. The first-order valence-corrected chi connectivity index (χ1v) is 9.15. The molecule has 6 heteroatoms. The summed E-state index contributed by atoms with van der Waals surface area (Å²) < 4.78 is 0. The first-order valence-electron chi connectivity index (χ1n) is 8.27. The van der Waals surface area contributed by atoms with E-state index >= 15 is 0 Å². The summed E-state index contributed by atoms with van der Waals surface area (Å²) in [6.07, 6.45) is 4.51. The topological polar surface area (TPSA) is 61.4 Å². The lowest BCUT2D eigenvalue weighted by Gasteiger charge is -2.29. The molecule has 1 aromatic heterocycles. The molecule has 0 aromatic carbocycles. The number of nitrogens with zero attached hydrogens (tertiary/aromatic N) is 1. The molecule has 1 aliphatic carbocycles. The zero-order chi connectivity index (χ0) is 16.8. The monoisotopic (exact) mass is 337 g/mol. The molecule has 0 aliphatic heterocycles. The zero-order valence-electron chi connectivity index (χ0n) is 14.2. The van der Waals surface area contributed by atoms with Crippen LogP contribution in [-0.4, -0.2) is 36.5 Å². The van der Waals surface area contributed by atoms with Gasteiger partial charge in [-0.25, -0.2) is 4.79 Å². The first kappa shape index (κ1) is 17.9. The molecule has 2 atom stereocenters. The number of hydrogen-bond acceptors (Lipinski definition) is 4. The molecule has 1 heterocycles. The third kappa shape index (κ3) is 5.62. The summed E-state index contributed by atoms with van der Waals surface area (Å²) in [6, 6.07) is 1.89. The molecule has 1 aliphatic rings. The Hall–Kier alpha value is -1.40. The lowest BCUT2D eigenvalue weighted by molar-refractivity contribution is -0.121. The van der Waals surface area contributed by atoms with Gasteiger partial charge in [-0.15, -0.1) is 11.3 Å². The van der Waals surface area contributed by atoms with Gasteiger partial charge in [-0.1, -0.05) is 19.8 Å². The number of hydrogen-bond donors (Lipinski definition) is 2. The highest BCUT2D eigenvalue weighted by Crippen LogP contribution is 2.23. The smallest absolute Gasteiger partial charge is 0.321 e. The van der Waals surface area contributed by atoms with Gasteiger partial charge < -0.3 is 5.32 Å². The van der Waals surface area contributed by atoms with Gasteiger partial charge in [-0.3, -0.25) is 15.0 Å². The van der Waals surface area contributed by atoms with Crippen LogP contribution in [-0.2, 0) is 11.3 Å². The number of aryl methyl sites for hydroxylation is 1. The fraction of sp³-hybridized carbons (Fsp3) is 0.647. The van der Waals surface area contributed by atoms with Crippen molar-refractivity contribution in [1.82, 2.24) is 15.5 Å². The van der Waals surface area contributed by atoms with E-state index in [2.05, 4.69) is 35.9 Å². The minimum absolute atomic E-state index is 0.183. The van der Waals surface area contributed by atoms with Crippen molar-refractivity contribution in [2.45, 2.75) is 52.1 Å². The molecule has 2 unspecified atom stereocenters. The van der Waals surface area contributed by atoms with Gasteiger partial charge in [-0.05, 0) is 49.7 Å². The van der Waals surface area contributed by atoms with Gasteiger partial charge >= 0.3 is 6.03 Å². The Balaban J connectivity index is 1.73. The molecule has 5 nitrogen and oxygen atoms in total. The average molecular weight is 337 g/mol. The number of urea groups is 1. The number of nitrogens with one attached hydrogen (secondary N) is 2. The van der Waals surface area contributed by atoms with Crippen LogP contribution in [0.2, 0.25) is 0 Å². The summed E-state index contributed by atoms with van der Waals surface area (Å²) in [5.74, 6) is 0.219. The standard InChI is InChI=1S/C17H27N3O2S/c1-12-6-4-5-7-14(12)18-17(22)19-16(21)11-20(3)10-15-13(2)8-9-23-15/h8-9,12,14H,4-7,10-11H2,1-3H3,(H2,18,19,21,22). The maximum Gasteiger partial charge on any atom is 0.321 e. The van der Waals surface area contributed by atoms with Gasteiger partial charge in [0.2, 0.25) is 5.91 Å². The highest BCUT2D eigenvalue weighted by Gasteiger charge is 2.23. The van der Waals surface area contributed by atoms with Gasteiger partial charge in [-0.2, -0.15) is 0 Å². The van der Waals surface area contributed by atoms with Crippen LogP contribution in [0.3, 0.4) is 0 Å². The van der Waals surface area contributed by atoms with E-state index in [4.69, 9.17) is 0 Å². The second-order valence-electron chi connectivity index (χ2n) is 6.59. The van der Waals surface area contributed by atoms with Crippen LogP contribution >= 0.6 is 11.3 Å². The summed E-state index contributed by atoms with van der Waals surface area (Å²) in [5, 5.41) is 7.44. The summed E-state index contributed by atoms with van der Waals surface area (Å²) >= 11 is 1.69. The van der Waals surface area contributed by atoms with Gasteiger partial charge in [0.25, 0.3) is 0 Å². The average Bonchev–Trinajstić information content (AvgIpc) is 2.86. The Labute approximate surface area is 142 Å². The van der Waals surface area contributed by atoms with E-state index in [0.29, 0.717) is 5.92 Å². The van der Waals surface area contributed by atoms with Crippen molar-refractivity contribution in [3.63, 3.8) is 0 Å². The van der Waals surface area contributed by atoms with E-state index in [1.54, 1.807) is 11.3 Å². The largest absolute Gasteiger partial charge is 0.335 e. The van der Waals surface area contributed by atoms with E-state index in [1.807, 2.05) is 11.9 Å². The van der Waals surface area contributed by atoms with Crippen LogP contribution in [0.15, 0.2) is 11.4 Å². The fourth-order valence-electron chi connectivity index (χ4n) is 3.01. The predicted octanol–water partition coefficient (Wildman–Crippen LogP) is 2.89. The van der Waals surface area contributed by atoms with E-state index in [-0.39, 0.29) is 24.5 Å². The fourth-order valence-corrected chi connectivity index (χ4v) is 4.00. The van der Waals surface area contributed by atoms with E-state index in [9.17, 15) is 9.59 Å². The Bertz CT molecular complexity index is 544. The minimum atomic E-state index is -0.366. The molecule has 1 aromatic rings. The third-order valence-electron chi connectivity index (χ3n) is 4.48. The van der Waals surface area contributed by atoms with E-state index in [1.165, 1.54) is 16.9 Å². The molecule has 0 spiro atoms. The SMILES string of the molecule is Cc1ccsc1CN(C)CC(=O)NC(=O)NC1CCCCC1C. The lowest BCUT2D eigenvalue weighted by atomic mass is 9.86. The molecule has 0 saturated heterocycles. The minimum Gasteiger partial charge on any atom is -0.335 e. The quantitative estimate of drug-likeness (QED) is 0.868. The molecule has 2 N–H and O–H groups in total. The van der Waals surface area contributed by atoms with Crippen LogP contribution in [0, 0.1) is 12.8 Å². The van der Waals surface area contributed by atoms with Crippen LogP contribution in [0.25, 0.3) is 0 Å². The van der Waals surface area contributed by atoms with Crippen LogP contribution in [0.1, 0.15) is 43.0 Å². The van der Waals surface area contributed by atoms with Crippen molar-refractivity contribution in [3.8, 4) is 0 Å². The number of carbonyl (C=O) groups excluding carboxylic acids is 2. The number of thiophene rings is 1. The third-order valence-corrected chi connectivity index (χ3v) is 5.48. The lowest BCUT2D eigenvalue weighted by Crippen LogP contribution is -2.49. The molecular formula is C17H27N3O2S. The molecule has 3 amide bonds. The molecule has 0 radical (unpaired) electrons. The molecule has 2 rings (SSSR count). The predicted molar refractivity (Wildman–Crippen MR) is 93.5 cm³/mol. The van der Waals surface area contributed by atoms with E-state index in [0.717, 1.165) is 25.8 Å². The maximum atomic E-state index is 12.0. The summed E-state index contributed by atoms with van der Waals surface area (Å²) in [5.41, 5.74) is 1.24. The van der Waals surface area contributed by atoms with Gasteiger partial charge in [0.15, 0.2) is 0 Å². The molecule has 0 bridgehead atoms. The van der Waals surface area contributed by atoms with Crippen molar-refractivity contribution in [2.24, 2.45) is 5.92 Å². The van der Waals surface area contributed by atoms with Gasteiger partial charge in [0.1, 0.15) is 0 Å². The first-order chi connectivity index (χ1) is 11.0. The molecule has 23 heavy (non-hydrogen) atoms. The number of amides is 3. The molecule has 128 valence electrons. The molecule has 1 saturated carbocycles. The van der Waals surface area contributed by atoms with Crippen LogP contribution in [0.4, 0.5) is 4.79 Å². The summed E-state index contributed by atoms with van der Waals surface area (Å²) in [7, 11) is 1.89. The van der Waals surface area contributed by atoms with Crippen LogP contribution < -0.4 is 10.6 Å². The Kier molecular flexibility index (Phi) is 6.59. The van der Waals surface area contributed by atoms with Crippen molar-refractivity contribution in [3.05, 3.63) is 21.9 Å². The van der Waals surface area contributed by atoms with Gasteiger partial charge in [0.05, 0.1) is 6.54 Å². The number of rotatable bonds is 5. The highest BCUT2D eigenvalue weighted by atomic mass is 32.1. The van der Waals surface area contributed by atoms with Crippen molar-refractivity contribution in [2.75, 3.05) is 13.6 Å². The Morgan fingerprint density at radius 3 is 2.74 bits per heavy atom. The van der Waals surface area contributed by atoms with Crippen molar-refractivity contribution in [1.29, 1.82) is 0 Å². The van der Waals surface area contributed by atoms with Crippen molar-refractivity contribution < 1.29 is 9.59 Å². The number of likely N-dealkylation sites (N-methyl/N-ethyl adjacent to an activating group) is 1. The molecular weight excluding hydrogens is 310 g/mol. The van der Waals surface area contributed by atoms with E-state index < -0.39 is 0 Å².